The zero-order valence-electron chi connectivity index (χ0n) is 22.2. The molecule has 0 saturated heterocycles. The van der Waals surface area contributed by atoms with Crippen molar-refractivity contribution in [3.05, 3.63) is 17.6 Å². The molecular weight excluding hydrogens is 474 g/mol. The van der Waals surface area contributed by atoms with Crippen LogP contribution in [0.1, 0.15) is 70.6 Å². The van der Waals surface area contributed by atoms with Crippen molar-refractivity contribution in [2.45, 2.75) is 90.0 Å². The topological polar surface area (TPSA) is 137 Å². The fourth-order valence-corrected chi connectivity index (χ4v) is 7.55. The third kappa shape index (κ3) is 5.55. The van der Waals surface area contributed by atoms with E-state index in [0.717, 1.165) is 48.3 Å². The van der Waals surface area contributed by atoms with Gasteiger partial charge in [0, 0.05) is 18.7 Å². The lowest BCUT2D eigenvalue weighted by atomic mass is 9.48. The molecule has 204 valence electrons. The monoisotopic (exact) mass is 515 g/mol. The van der Waals surface area contributed by atoms with Gasteiger partial charge in [-0.1, -0.05) is 0 Å². The zero-order valence-corrected chi connectivity index (χ0v) is 22.2. The number of carbonyl (C=O) groups excluding carboxylic acids is 2. The van der Waals surface area contributed by atoms with E-state index in [2.05, 4.69) is 20.6 Å². The minimum Gasteiger partial charge on any atom is -0.444 e. The number of amides is 2. The first-order valence-corrected chi connectivity index (χ1v) is 13.7. The minimum absolute atomic E-state index is 0.0402. The van der Waals surface area contributed by atoms with Crippen LogP contribution in [0.3, 0.4) is 0 Å². The maximum Gasteiger partial charge on any atom is 0.408 e. The summed E-state index contributed by atoms with van der Waals surface area (Å²) in [5, 5.41) is 26.9. The van der Waals surface area contributed by atoms with E-state index in [9.17, 15) is 19.8 Å². The van der Waals surface area contributed by atoms with Gasteiger partial charge >= 0.3 is 6.09 Å². The van der Waals surface area contributed by atoms with Crippen LogP contribution in [0.25, 0.3) is 0 Å². The molecule has 4 saturated carbocycles. The first-order chi connectivity index (χ1) is 17.5. The van der Waals surface area contributed by atoms with Crippen LogP contribution >= 0.6 is 0 Å². The maximum absolute atomic E-state index is 13.0. The van der Waals surface area contributed by atoms with Gasteiger partial charge in [0.05, 0.1) is 24.9 Å². The Morgan fingerprint density at radius 2 is 1.81 bits per heavy atom. The number of aromatic nitrogens is 2. The molecule has 4 fully saturated rings. The molecule has 2 atom stereocenters. The van der Waals surface area contributed by atoms with Gasteiger partial charge in [0.2, 0.25) is 5.91 Å². The highest BCUT2D eigenvalue weighted by molar-refractivity contribution is 5.86. The molecule has 0 aromatic carbocycles. The summed E-state index contributed by atoms with van der Waals surface area (Å²) < 4.78 is 5.22. The Morgan fingerprint density at radius 3 is 2.41 bits per heavy atom. The third-order valence-electron chi connectivity index (χ3n) is 8.75. The molecule has 2 heterocycles. The number of anilines is 1. The van der Waals surface area contributed by atoms with Gasteiger partial charge in [0.15, 0.2) is 0 Å². The molecule has 1 aromatic heterocycles. The van der Waals surface area contributed by atoms with Gasteiger partial charge in [-0.15, -0.1) is 0 Å². The summed E-state index contributed by atoms with van der Waals surface area (Å²) in [5.41, 5.74) is 1.01. The van der Waals surface area contributed by atoms with Gasteiger partial charge in [-0.05, 0) is 88.9 Å². The number of ether oxygens (including phenoxy) is 1. The lowest BCUT2D eigenvalue weighted by Crippen LogP contribution is -2.53. The van der Waals surface area contributed by atoms with Gasteiger partial charge in [0.1, 0.15) is 23.8 Å². The summed E-state index contributed by atoms with van der Waals surface area (Å²) in [6.07, 6.45) is 8.34. The van der Waals surface area contributed by atoms with Gasteiger partial charge < -0.3 is 30.5 Å². The predicted molar refractivity (Wildman–Crippen MR) is 136 cm³/mol. The Bertz CT molecular complexity index is 990. The molecule has 4 bridgehead atoms. The number of aliphatic hydroxyl groups excluding tert-OH is 2. The van der Waals surface area contributed by atoms with Crippen molar-refractivity contribution < 1.29 is 24.5 Å². The Balaban J connectivity index is 1.20. The quantitative estimate of drug-likeness (QED) is 0.434. The van der Waals surface area contributed by atoms with E-state index < -0.39 is 30.4 Å². The first kappa shape index (κ1) is 26.2. The lowest BCUT2D eigenvalue weighted by molar-refractivity contribution is -0.135. The highest BCUT2D eigenvalue weighted by Gasteiger charge is 2.53. The minimum atomic E-state index is -1.09. The summed E-state index contributed by atoms with van der Waals surface area (Å²) in [6, 6.07) is -1.09. The van der Waals surface area contributed by atoms with Crippen LogP contribution < -0.4 is 10.6 Å². The summed E-state index contributed by atoms with van der Waals surface area (Å²) in [7, 11) is 0. The molecular formula is C27H41N5O5. The van der Waals surface area contributed by atoms with Crippen molar-refractivity contribution in [1.29, 1.82) is 0 Å². The molecule has 10 heteroatoms. The number of fused-ring (bicyclic) bond motifs is 1. The van der Waals surface area contributed by atoms with E-state index in [1.54, 1.807) is 25.7 Å². The Kier molecular flexibility index (Phi) is 7.08. The van der Waals surface area contributed by atoms with E-state index in [-0.39, 0.29) is 17.9 Å². The molecule has 10 nitrogen and oxygen atoms in total. The van der Waals surface area contributed by atoms with Crippen LogP contribution in [0, 0.1) is 23.2 Å². The fourth-order valence-electron chi connectivity index (χ4n) is 7.55. The number of nitrogens with one attached hydrogen (secondary N) is 2. The number of nitrogens with zero attached hydrogens (tertiary/aromatic N) is 3. The number of aliphatic hydroxyl groups is 2. The van der Waals surface area contributed by atoms with Crippen LogP contribution in [-0.4, -0.2) is 74.5 Å². The molecule has 1 unspecified atom stereocenters. The Morgan fingerprint density at radius 1 is 1.16 bits per heavy atom. The SMILES string of the molecule is CC(C)(C)OC(=O)NC(CO)C(=O)N1CCc2c(ncnc2NC[C@@H](O)C23CC4CC(CC(C4)C2)C3)C1. The average Bonchev–Trinajstić information content (AvgIpc) is 2.83. The molecule has 1 aromatic rings. The van der Waals surface area contributed by atoms with Gasteiger partial charge in [-0.25, -0.2) is 14.8 Å². The normalized spacial score (nSPS) is 29.9. The van der Waals surface area contributed by atoms with Crippen LogP contribution in [0.5, 0.6) is 0 Å². The van der Waals surface area contributed by atoms with Crippen LogP contribution in [0.15, 0.2) is 6.33 Å². The average molecular weight is 516 g/mol. The van der Waals surface area contributed by atoms with Crippen molar-refractivity contribution in [1.82, 2.24) is 20.2 Å². The highest BCUT2D eigenvalue weighted by atomic mass is 16.6. The van der Waals surface area contributed by atoms with E-state index in [0.29, 0.717) is 25.3 Å². The van der Waals surface area contributed by atoms with E-state index >= 15 is 0 Å². The summed E-state index contributed by atoms with van der Waals surface area (Å²) in [5.74, 6) is 2.67. The summed E-state index contributed by atoms with van der Waals surface area (Å²) in [6.45, 7) is 5.81. The number of hydrogen-bond donors (Lipinski definition) is 4. The molecule has 6 rings (SSSR count). The van der Waals surface area contributed by atoms with Crippen LogP contribution in [-0.2, 0) is 22.5 Å². The molecule has 37 heavy (non-hydrogen) atoms. The van der Waals surface area contributed by atoms with Crippen molar-refractivity contribution in [3.8, 4) is 0 Å². The highest BCUT2D eigenvalue weighted by Crippen LogP contribution is 2.61. The summed E-state index contributed by atoms with van der Waals surface area (Å²) in [4.78, 5) is 35.6. The zero-order chi connectivity index (χ0) is 26.4. The molecule has 4 N–H and O–H groups in total. The van der Waals surface area contributed by atoms with Crippen molar-refractivity contribution >= 4 is 17.8 Å². The van der Waals surface area contributed by atoms with Gasteiger partial charge in [0.25, 0.3) is 0 Å². The second kappa shape index (κ2) is 10.0. The second-order valence-electron chi connectivity index (χ2n) is 12.7. The predicted octanol–water partition coefficient (Wildman–Crippen LogP) is 2.24. The lowest BCUT2D eigenvalue weighted by Gasteiger charge is -2.58. The van der Waals surface area contributed by atoms with Crippen molar-refractivity contribution in [2.75, 3.05) is 25.0 Å². The largest absolute Gasteiger partial charge is 0.444 e. The van der Waals surface area contributed by atoms with Crippen molar-refractivity contribution in [3.63, 3.8) is 0 Å². The molecule has 1 aliphatic heterocycles. The Labute approximate surface area is 218 Å². The molecule has 0 spiro atoms. The van der Waals surface area contributed by atoms with Crippen LogP contribution in [0.2, 0.25) is 0 Å². The summed E-state index contributed by atoms with van der Waals surface area (Å²) >= 11 is 0. The number of rotatable bonds is 7. The Hall–Kier alpha value is -2.46. The molecule has 0 radical (unpaired) electrons. The molecule has 5 aliphatic rings. The molecule has 2 amide bonds. The maximum atomic E-state index is 13.0. The first-order valence-electron chi connectivity index (χ1n) is 13.7. The van der Waals surface area contributed by atoms with E-state index in [1.807, 2.05) is 0 Å². The smallest absolute Gasteiger partial charge is 0.408 e. The molecule has 4 aliphatic carbocycles. The van der Waals surface area contributed by atoms with Crippen LogP contribution in [0.4, 0.5) is 10.6 Å². The van der Waals surface area contributed by atoms with Crippen molar-refractivity contribution in [2.24, 2.45) is 23.2 Å². The standard InChI is InChI=1S/C27H41N5O5/c1-26(2,3)37-25(36)31-21(14-33)24(35)32-5-4-19-20(13-32)29-15-30-23(19)28-12-22(34)27-9-16-6-17(10-27)8-18(7-16)11-27/h15-18,21-22,33-34H,4-14H2,1-3H3,(H,31,36)(H,28,29,30)/t16?,17?,18?,21?,22-,27?/m1/s1. The number of hydrogen-bond acceptors (Lipinski definition) is 8. The van der Waals surface area contributed by atoms with Gasteiger partial charge in [-0.3, -0.25) is 4.79 Å². The number of carbonyl (C=O) groups is 2. The van der Waals surface area contributed by atoms with Gasteiger partial charge in [-0.2, -0.15) is 0 Å². The van der Waals surface area contributed by atoms with E-state index in [1.165, 1.54) is 25.6 Å². The third-order valence-corrected chi connectivity index (χ3v) is 8.75. The second-order valence-corrected chi connectivity index (χ2v) is 12.7. The van der Waals surface area contributed by atoms with E-state index in [4.69, 9.17) is 4.74 Å². The number of alkyl carbamates (subject to hydrolysis) is 1. The fraction of sp³-hybridized carbons (Fsp3) is 0.778.